The minimum Gasteiger partial charge on any atom is -0.337 e. The Hall–Kier alpha value is -1.69. The van der Waals surface area contributed by atoms with E-state index < -0.39 is 0 Å². The maximum Gasteiger partial charge on any atom is 0.254 e. The third kappa shape index (κ3) is 3.01. The number of amides is 1. The number of H-pyrrole nitrogens is 1. The van der Waals surface area contributed by atoms with Crippen molar-refractivity contribution in [3.05, 3.63) is 27.4 Å². The van der Waals surface area contributed by atoms with E-state index in [0.29, 0.717) is 23.6 Å². The number of nitrogens with zero attached hydrogens (tertiary/aromatic N) is 2. The lowest BCUT2D eigenvalue weighted by atomic mass is 10.1. The molecule has 2 N–H and O–H groups in total. The van der Waals surface area contributed by atoms with E-state index in [-0.39, 0.29) is 23.9 Å². The molecular formula is C13H20N4O2. The number of aryl methyl sites for hydroxylation is 2. The smallest absolute Gasteiger partial charge is 0.254 e. The van der Waals surface area contributed by atoms with Gasteiger partial charge < -0.3 is 15.2 Å². The molecule has 0 aromatic carbocycles. The Morgan fingerprint density at radius 2 is 2.21 bits per heavy atom. The summed E-state index contributed by atoms with van der Waals surface area (Å²) >= 11 is 0. The highest BCUT2D eigenvalue weighted by atomic mass is 16.2. The highest BCUT2D eigenvalue weighted by Crippen LogP contribution is 2.07. The van der Waals surface area contributed by atoms with E-state index in [1.165, 1.54) is 0 Å². The maximum absolute atomic E-state index is 12.3. The second-order valence-electron chi connectivity index (χ2n) is 5.03. The third-order valence-corrected chi connectivity index (χ3v) is 3.49. The van der Waals surface area contributed by atoms with Crippen LogP contribution < -0.4 is 10.9 Å². The van der Waals surface area contributed by atoms with Gasteiger partial charge in [0.2, 0.25) is 5.91 Å². The minimum absolute atomic E-state index is 0.00625. The summed E-state index contributed by atoms with van der Waals surface area (Å²) in [6.45, 7) is 7.81. The van der Waals surface area contributed by atoms with Gasteiger partial charge in [0.15, 0.2) is 0 Å². The van der Waals surface area contributed by atoms with Gasteiger partial charge in [-0.2, -0.15) is 0 Å². The summed E-state index contributed by atoms with van der Waals surface area (Å²) in [4.78, 5) is 32.9. The van der Waals surface area contributed by atoms with Gasteiger partial charge in [0.1, 0.15) is 5.82 Å². The first-order valence-corrected chi connectivity index (χ1v) is 6.55. The van der Waals surface area contributed by atoms with Gasteiger partial charge in [-0.3, -0.25) is 9.59 Å². The van der Waals surface area contributed by atoms with Crippen molar-refractivity contribution in [3.63, 3.8) is 0 Å². The molecule has 0 saturated carbocycles. The molecule has 6 nitrogen and oxygen atoms in total. The molecule has 1 aliphatic rings. The number of hydrogen-bond donors (Lipinski definition) is 2. The van der Waals surface area contributed by atoms with Crippen molar-refractivity contribution in [2.75, 3.05) is 19.6 Å². The van der Waals surface area contributed by atoms with Crippen LogP contribution in [-0.2, 0) is 11.2 Å². The Morgan fingerprint density at radius 3 is 2.84 bits per heavy atom. The van der Waals surface area contributed by atoms with Crippen molar-refractivity contribution < 1.29 is 4.79 Å². The van der Waals surface area contributed by atoms with Crippen LogP contribution in [0.25, 0.3) is 0 Å². The van der Waals surface area contributed by atoms with Crippen molar-refractivity contribution in [2.45, 2.75) is 33.2 Å². The predicted molar refractivity (Wildman–Crippen MR) is 72.1 cm³/mol. The van der Waals surface area contributed by atoms with E-state index in [1.807, 2.05) is 11.8 Å². The molecule has 0 spiro atoms. The van der Waals surface area contributed by atoms with Gasteiger partial charge in [-0.25, -0.2) is 4.98 Å². The molecule has 19 heavy (non-hydrogen) atoms. The minimum atomic E-state index is -0.207. The Balaban J connectivity index is 2.17. The lowest BCUT2D eigenvalue weighted by Gasteiger charge is -2.34. The zero-order chi connectivity index (χ0) is 14.0. The Labute approximate surface area is 112 Å². The summed E-state index contributed by atoms with van der Waals surface area (Å²) in [7, 11) is 0. The molecule has 1 atom stereocenters. The van der Waals surface area contributed by atoms with E-state index in [9.17, 15) is 9.59 Å². The SMILES string of the molecule is Cc1nc(C)c(CC(=O)N2CCNC[C@H]2C)c(=O)[nH]1. The van der Waals surface area contributed by atoms with Crippen molar-refractivity contribution >= 4 is 5.91 Å². The molecule has 0 unspecified atom stereocenters. The standard InChI is InChI=1S/C13H20N4O2/c1-8-7-14-4-5-17(8)12(18)6-11-9(2)15-10(3)16-13(11)19/h8,14H,4-7H2,1-3H3,(H,15,16,19)/t8-/m1/s1. The molecule has 2 rings (SSSR count). The second-order valence-corrected chi connectivity index (χ2v) is 5.03. The Bertz CT molecular complexity index is 538. The lowest BCUT2D eigenvalue weighted by molar-refractivity contribution is -0.133. The largest absolute Gasteiger partial charge is 0.337 e. The van der Waals surface area contributed by atoms with Gasteiger partial charge in [0, 0.05) is 36.9 Å². The molecule has 1 aromatic rings. The topological polar surface area (TPSA) is 78.1 Å². The summed E-state index contributed by atoms with van der Waals surface area (Å²) in [5.74, 6) is 0.572. The van der Waals surface area contributed by atoms with E-state index in [1.54, 1.807) is 13.8 Å². The highest BCUT2D eigenvalue weighted by molar-refractivity contribution is 5.79. The third-order valence-electron chi connectivity index (χ3n) is 3.49. The summed E-state index contributed by atoms with van der Waals surface area (Å²) in [6.07, 6.45) is 0.124. The first kappa shape index (κ1) is 13.7. The van der Waals surface area contributed by atoms with Crippen LogP contribution in [0.5, 0.6) is 0 Å². The molecule has 1 aliphatic heterocycles. The normalized spacial score (nSPS) is 19.5. The number of carbonyl (C=O) groups excluding carboxylic acids is 1. The monoisotopic (exact) mass is 264 g/mol. The number of aromatic amines is 1. The van der Waals surface area contributed by atoms with E-state index in [0.717, 1.165) is 13.1 Å². The van der Waals surface area contributed by atoms with Crippen LogP contribution in [-0.4, -0.2) is 46.5 Å². The molecule has 0 bridgehead atoms. The molecule has 104 valence electrons. The molecule has 0 radical (unpaired) electrons. The molecule has 1 saturated heterocycles. The van der Waals surface area contributed by atoms with Gasteiger partial charge in [-0.05, 0) is 20.8 Å². The molecule has 1 amide bonds. The van der Waals surface area contributed by atoms with E-state index in [2.05, 4.69) is 15.3 Å². The maximum atomic E-state index is 12.3. The van der Waals surface area contributed by atoms with E-state index in [4.69, 9.17) is 0 Å². The van der Waals surface area contributed by atoms with Gasteiger partial charge in [-0.1, -0.05) is 0 Å². The van der Waals surface area contributed by atoms with Crippen LogP contribution in [0.3, 0.4) is 0 Å². The molecule has 2 heterocycles. The predicted octanol–water partition coefficient (Wildman–Crippen LogP) is -0.250. The van der Waals surface area contributed by atoms with Crippen LogP contribution >= 0.6 is 0 Å². The summed E-state index contributed by atoms with van der Waals surface area (Å²) < 4.78 is 0. The van der Waals surface area contributed by atoms with Gasteiger partial charge in [-0.15, -0.1) is 0 Å². The number of hydrogen-bond acceptors (Lipinski definition) is 4. The van der Waals surface area contributed by atoms with Gasteiger partial charge in [0.25, 0.3) is 5.56 Å². The molecular weight excluding hydrogens is 244 g/mol. The van der Waals surface area contributed by atoms with Crippen LogP contribution in [0.4, 0.5) is 0 Å². The number of rotatable bonds is 2. The fourth-order valence-electron chi connectivity index (χ4n) is 2.42. The number of aromatic nitrogens is 2. The zero-order valence-corrected chi connectivity index (χ0v) is 11.6. The number of nitrogens with one attached hydrogen (secondary N) is 2. The first-order chi connectivity index (χ1) is 8.99. The first-order valence-electron chi connectivity index (χ1n) is 6.55. The fourth-order valence-corrected chi connectivity index (χ4v) is 2.42. The van der Waals surface area contributed by atoms with Crippen molar-refractivity contribution in [1.29, 1.82) is 0 Å². The average Bonchev–Trinajstić information content (AvgIpc) is 2.34. The Morgan fingerprint density at radius 1 is 1.47 bits per heavy atom. The molecule has 6 heteroatoms. The summed E-state index contributed by atoms with van der Waals surface area (Å²) in [6, 6.07) is 0.166. The van der Waals surface area contributed by atoms with Crippen molar-refractivity contribution in [2.24, 2.45) is 0 Å². The molecule has 0 aliphatic carbocycles. The van der Waals surface area contributed by atoms with Crippen molar-refractivity contribution in [3.8, 4) is 0 Å². The van der Waals surface area contributed by atoms with E-state index >= 15 is 0 Å². The van der Waals surface area contributed by atoms with Crippen molar-refractivity contribution in [1.82, 2.24) is 20.2 Å². The molecule has 1 aromatic heterocycles. The number of carbonyl (C=O) groups is 1. The summed E-state index contributed by atoms with van der Waals surface area (Å²) in [5.41, 5.74) is 0.903. The zero-order valence-electron chi connectivity index (χ0n) is 11.6. The number of piperazine rings is 1. The lowest BCUT2D eigenvalue weighted by Crippen LogP contribution is -2.52. The Kier molecular flexibility index (Phi) is 3.99. The average molecular weight is 264 g/mol. The van der Waals surface area contributed by atoms with Gasteiger partial charge in [0.05, 0.1) is 6.42 Å². The van der Waals surface area contributed by atoms with Crippen LogP contribution in [0.15, 0.2) is 4.79 Å². The van der Waals surface area contributed by atoms with Crippen LogP contribution in [0.2, 0.25) is 0 Å². The quantitative estimate of drug-likeness (QED) is 0.772. The van der Waals surface area contributed by atoms with Gasteiger partial charge >= 0.3 is 0 Å². The second kappa shape index (κ2) is 5.52. The fraction of sp³-hybridized carbons (Fsp3) is 0.615. The summed E-state index contributed by atoms with van der Waals surface area (Å²) in [5, 5.41) is 3.24. The van der Waals surface area contributed by atoms with Crippen LogP contribution in [0, 0.1) is 13.8 Å². The molecule has 1 fully saturated rings. The highest BCUT2D eigenvalue weighted by Gasteiger charge is 2.24. The van der Waals surface area contributed by atoms with Crippen LogP contribution in [0.1, 0.15) is 24.0 Å².